The number of carbonyl (C=O) groups is 1. The van der Waals surface area contributed by atoms with E-state index in [4.69, 9.17) is 9.47 Å². The fourth-order valence-corrected chi connectivity index (χ4v) is 2.38. The molecule has 1 aromatic carbocycles. The van der Waals surface area contributed by atoms with E-state index in [1.54, 1.807) is 18.2 Å². The van der Waals surface area contributed by atoms with Gasteiger partial charge in [0, 0.05) is 19.1 Å². The zero-order valence-corrected chi connectivity index (χ0v) is 10.2. The van der Waals surface area contributed by atoms with E-state index in [9.17, 15) is 9.90 Å². The van der Waals surface area contributed by atoms with Gasteiger partial charge in [-0.1, -0.05) is 18.2 Å². The van der Waals surface area contributed by atoms with E-state index in [0.717, 1.165) is 0 Å². The van der Waals surface area contributed by atoms with Gasteiger partial charge in [-0.2, -0.15) is 0 Å². The number of carboxylic acids is 1. The zero-order chi connectivity index (χ0) is 12.7. The lowest BCUT2D eigenvalue weighted by Crippen LogP contribution is -2.49. The summed E-state index contributed by atoms with van der Waals surface area (Å²) in [7, 11) is 1.42. The van der Waals surface area contributed by atoms with Gasteiger partial charge in [-0.05, 0) is 19.9 Å². The first-order chi connectivity index (χ1) is 7.91. The molecule has 2 rings (SSSR count). The molecule has 0 fully saturated rings. The smallest absolute Gasteiger partial charge is 0.340 e. The van der Waals surface area contributed by atoms with Crippen molar-refractivity contribution in [3.63, 3.8) is 0 Å². The SMILES string of the molecule is COC1(C(=O)O)CC(C)(C)Oc2ccccc21. The number of ether oxygens (including phenoxy) is 2. The Hall–Kier alpha value is -1.55. The van der Waals surface area contributed by atoms with Crippen molar-refractivity contribution in [1.82, 2.24) is 0 Å². The Morgan fingerprint density at radius 3 is 2.65 bits per heavy atom. The molecule has 1 atom stereocenters. The summed E-state index contributed by atoms with van der Waals surface area (Å²) in [6.07, 6.45) is 0.281. The number of aliphatic carboxylic acids is 1. The fourth-order valence-electron chi connectivity index (χ4n) is 2.38. The summed E-state index contributed by atoms with van der Waals surface area (Å²) < 4.78 is 11.1. The van der Waals surface area contributed by atoms with Crippen molar-refractivity contribution < 1.29 is 19.4 Å². The summed E-state index contributed by atoms with van der Waals surface area (Å²) in [6.45, 7) is 3.72. The Morgan fingerprint density at radius 2 is 2.06 bits per heavy atom. The molecule has 0 radical (unpaired) electrons. The number of benzene rings is 1. The molecule has 1 aliphatic heterocycles. The third-order valence-corrected chi connectivity index (χ3v) is 3.08. The van der Waals surface area contributed by atoms with E-state index in [2.05, 4.69) is 0 Å². The highest BCUT2D eigenvalue weighted by molar-refractivity contribution is 5.81. The van der Waals surface area contributed by atoms with E-state index in [0.29, 0.717) is 11.3 Å². The molecule has 0 amide bonds. The molecule has 0 bridgehead atoms. The average molecular weight is 236 g/mol. The molecule has 1 unspecified atom stereocenters. The van der Waals surface area contributed by atoms with Gasteiger partial charge in [-0.3, -0.25) is 0 Å². The minimum Gasteiger partial charge on any atom is -0.487 e. The zero-order valence-electron chi connectivity index (χ0n) is 10.2. The molecule has 92 valence electrons. The third-order valence-electron chi connectivity index (χ3n) is 3.08. The second-order valence-corrected chi connectivity index (χ2v) is 4.87. The second kappa shape index (κ2) is 3.74. The van der Waals surface area contributed by atoms with Crippen molar-refractivity contribution in [1.29, 1.82) is 0 Å². The second-order valence-electron chi connectivity index (χ2n) is 4.87. The van der Waals surface area contributed by atoms with Crippen molar-refractivity contribution in [2.75, 3.05) is 7.11 Å². The predicted octanol–water partition coefficient (Wildman–Crippen LogP) is 2.17. The minimum absolute atomic E-state index is 0.281. The summed E-state index contributed by atoms with van der Waals surface area (Å²) >= 11 is 0. The van der Waals surface area contributed by atoms with Gasteiger partial charge in [0.1, 0.15) is 11.4 Å². The first kappa shape index (κ1) is 11.9. The van der Waals surface area contributed by atoms with Crippen LogP contribution in [0.4, 0.5) is 0 Å². The van der Waals surface area contributed by atoms with Crippen LogP contribution in [0.15, 0.2) is 24.3 Å². The molecule has 0 saturated carbocycles. The van der Waals surface area contributed by atoms with Gasteiger partial charge in [-0.15, -0.1) is 0 Å². The van der Waals surface area contributed by atoms with Crippen molar-refractivity contribution >= 4 is 5.97 Å². The van der Waals surface area contributed by atoms with Crippen LogP contribution in [-0.4, -0.2) is 23.8 Å². The Kier molecular flexibility index (Phi) is 2.62. The van der Waals surface area contributed by atoms with Crippen LogP contribution < -0.4 is 4.74 Å². The monoisotopic (exact) mass is 236 g/mol. The van der Waals surface area contributed by atoms with Gasteiger partial charge in [0.05, 0.1) is 0 Å². The van der Waals surface area contributed by atoms with Crippen LogP contribution in [-0.2, 0) is 15.1 Å². The van der Waals surface area contributed by atoms with Gasteiger partial charge in [-0.25, -0.2) is 4.79 Å². The number of hydrogen-bond acceptors (Lipinski definition) is 3. The summed E-state index contributed by atoms with van der Waals surface area (Å²) in [4.78, 5) is 11.6. The van der Waals surface area contributed by atoms with Gasteiger partial charge >= 0.3 is 5.97 Å². The third kappa shape index (κ3) is 1.78. The lowest BCUT2D eigenvalue weighted by atomic mass is 9.80. The molecule has 0 aromatic heterocycles. The van der Waals surface area contributed by atoms with E-state index in [1.165, 1.54) is 7.11 Å². The number of methoxy groups -OCH3 is 1. The highest BCUT2D eigenvalue weighted by Crippen LogP contribution is 2.45. The number of fused-ring (bicyclic) bond motifs is 1. The van der Waals surface area contributed by atoms with Crippen LogP contribution >= 0.6 is 0 Å². The summed E-state index contributed by atoms with van der Waals surface area (Å²) in [6, 6.07) is 7.12. The van der Waals surface area contributed by atoms with Crippen LogP contribution in [0.1, 0.15) is 25.8 Å². The van der Waals surface area contributed by atoms with Crippen LogP contribution in [0, 0.1) is 0 Å². The van der Waals surface area contributed by atoms with Crippen LogP contribution in [0.2, 0.25) is 0 Å². The van der Waals surface area contributed by atoms with Gasteiger partial charge in [0.15, 0.2) is 5.60 Å². The van der Waals surface area contributed by atoms with E-state index in [1.807, 2.05) is 19.9 Å². The number of rotatable bonds is 2. The highest BCUT2D eigenvalue weighted by Gasteiger charge is 2.51. The summed E-state index contributed by atoms with van der Waals surface area (Å²) in [5.41, 5.74) is -1.31. The maximum Gasteiger partial charge on any atom is 0.340 e. The van der Waals surface area contributed by atoms with Crippen LogP contribution in [0.5, 0.6) is 5.75 Å². The minimum atomic E-state index is -1.32. The lowest BCUT2D eigenvalue weighted by molar-refractivity contribution is -0.174. The Morgan fingerprint density at radius 1 is 1.41 bits per heavy atom. The van der Waals surface area contributed by atoms with E-state index >= 15 is 0 Å². The van der Waals surface area contributed by atoms with Crippen LogP contribution in [0.3, 0.4) is 0 Å². The van der Waals surface area contributed by atoms with Gasteiger partial charge < -0.3 is 14.6 Å². The van der Waals surface area contributed by atoms with Crippen molar-refractivity contribution in [3.05, 3.63) is 29.8 Å². The van der Waals surface area contributed by atoms with Gasteiger partial charge in [0.2, 0.25) is 0 Å². The van der Waals surface area contributed by atoms with Crippen molar-refractivity contribution in [3.8, 4) is 5.75 Å². The molecule has 1 N–H and O–H groups in total. The Bertz CT molecular complexity index is 452. The number of para-hydroxylation sites is 1. The molecule has 17 heavy (non-hydrogen) atoms. The first-order valence-corrected chi connectivity index (χ1v) is 5.48. The lowest BCUT2D eigenvalue weighted by Gasteiger charge is -2.42. The van der Waals surface area contributed by atoms with E-state index in [-0.39, 0.29) is 6.42 Å². The fraction of sp³-hybridized carbons (Fsp3) is 0.462. The maximum atomic E-state index is 11.6. The molecule has 0 spiro atoms. The summed E-state index contributed by atoms with van der Waals surface area (Å²) in [5.74, 6) is -0.406. The standard InChI is InChI=1S/C13H16O4/c1-12(2)8-13(16-3,11(14)15)9-6-4-5-7-10(9)17-12/h4-7H,8H2,1-3H3,(H,14,15). The average Bonchev–Trinajstić information content (AvgIpc) is 2.26. The highest BCUT2D eigenvalue weighted by atomic mass is 16.5. The first-order valence-electron chi connectivity index (χ1n) is 5.48. The molecule has 4 nitrogen and oxygen atoms in total. The summed E-state index contributed by atoms with van der Waals surface area (Å²) in [5, 5.41) is 9.49. The van der Waals surface area contributed by atoms with Crippen molar-refractivity contribution in [2.45, 2.75) is 31.5 Å². The molecule has 1 aromatic rings. The predicted molar refractivity (Wildman–Crippen MR) is 62.1 cm³/mol. The Balaban J connectivity index is 2.64. The number of hydrogen-bond donors (Lipinski definition) is 1. The van der Waals surface area contributed by atoms with E-state index < -0.39 is 17.2 Å². The molecule has 1 heterocycles. The maximum absolute atomic E-state index is 11.6. The molecule has 0 aliphatic carbocycles. The molecule has 0 saturated heterocycles. The van der Waals surface area contributed by atoms with Gasteiger partial charge in [0.25, 0.3) is 0 Å². The number of carboxylic acid groups (broad SMARTS) is 1. The molecular weight excluding hydrogens is 220 g/mol. The quantitative estimate of drug-likeness (QED) is 0.855. The largest absolute Gasteiger partial charge is 0.487 e. The Labute approximate surface area is 100 Å². The normalized spacial score (nSPS) is 25.8. The molecular formula is C13H16O4. The molecule has 4 heteroatoms. The topological polar surface area (TPSA) is 55.8 Å². The van der Waals surface area contributed by atoms with Crippen LogP contribution in [0.25, 0.3) is 0 Å². The van der Waals surface area contributed by atoms with Crippen molar-refractivity contribution in [2.24, 2.45) is 0 Å². The molecule has 1 aliphatic rings.